The van der Waals surface area contributed by atoms with E-state index in [2.05, 4.69) is 0 Å². The number of piperazine rings is 1. The van der Waals surface area contributed by atoms with Crippen LogP contribution in [0.25, 0.3) is 0 Å². The zero-order valence-corrected chi connectivity index (χ0v) is 16.0. The molecule has 0 aliphatic carbocycles. The summed E-state index contributed by atoms with van der Waals surface area (Å²) in [5, 5.41) is 0. The number of fused-ring (bicyclic) bond motifs is 1. The lowest BCUT2D eigenvalue weighted by Gasteiger charge is -2.37. The molecule has 0 unspecified atom stereocenters. The molecule has 1 fully saturated rings. The molecule has 0 N–H and O–H groups in total. The molecule has 0 spiro atoms. The maximum Gasteiger partial charge on any atom is 0.245 e. The zero-order chi connectivity index (χ0) is 18.9. The molecule has 3 rings (SSSR count). The van der Waals surface area contributed by atoms with Crippen LogP contribution in [0.1, 0.15) is 25.3 Å². The number of aryl methyl sites for hydroxylation is 1. The van der Waals surface area contributed by atoms with Gasteiger partial charge in [0, 0.05) is 38.3 Å². The molecule has 0 bridgehead atoms. The van der Waals surface area contributed by atoms with E-state index in [0.717, 1.165) is 24.1 Å². The summed E-state index contributed by atoms with van der Waals surface area (Å²) in [4.78, 5) is 28.9. The highest BCUT2D eigenvalue weighted by Gasteiger charge is 2.34. The molecule has 2 aliphatic heterocycles. The van der Waals surface area contributed by atoms with Crippen LogP contribution in [-0.4, -0.2) is 67.9 Å². The quantitative estimate of drug-likeness (QED) is 0.780. The van der Waals surface area contributed by atoms with Gasteiger partial charge in [0.05, 0.1) is 6.26 Å². The molecule has 1 atom stereocenters. The van der Waals surface area contributed by atoms with Gasteiger partial charge in [0.1, 0.15) is 6.04 Å². The molecule has 1 saturated heterocycles. The predicted octanol–water partition coefficient (Wildman–Crippen LogP) is 0.848. The van der Waals surface area contributed by atoms with Crippen LogP contribution >= 0.6 is 0 Å². The van der Waals surface area contributed by atoms with Crippen LogP contribution in [0.5, 0.6) is 0 Å². The number of sulfonamides is 1. The van der Waals surface area contributed by atoms with Crippen molar-refractivity contribution in [2.45, 2.75) is 32.2 Å². The second-order valence-electron chi connectivity index (χ2n) is 6.91. The minimum absolute atomic E-state index is 0.0365. The zero-order valence-electron chi connectivity index (χ0n) is 15.2. The van der Waals surface area contributed by atoms with Crippen molar-refractivity contribution in [2.24, 2.45) is 0 Å². The molecule has 1 aromatic carbocycles. The maximum atomic E-state index is 13.0. The molecule has 2 heterocycles. The molecule has 2 amide bonds. The van der Waals surface area contributed by atoms with Crippen molar-refractivity contribution in [3.8, 4) is 0 Å². The van der Waals surface area contributed by atoms with Crippen molar-refractivity contribution in [1.82, 2.24) is 9.21 Å². The Morgan fingerprint density at radius 2 is 1.73 bits per heavy atom. The molecule has 2 aliphatic rings. The molecular weight excluding hydrogens is 354 g/mol. The monoisotopic (exact) mass is 379 g/mol. The van der Waals surface area contributed by atoms with E-state index in [1.165, 1.54) is 10.6 Å². The molecule has 7 nitrogen and oxygen atoms in total. The SMILES string of the molecule is C[C@H](C(=O)N1CCN(S(C)(=O)=O)CC1)N1C(=O)CCCc2ccccc21. The highest BCUT2D eigenvalue weighted by Crippen LogP contribution is 2.29. The summed E-state index contributed by atoms with van der Waals surface area (Å²) in [6, 6.07) is 7.12. The number of carbonyl (C=O) groups is 2. The van der Waals surface area contributed by atoms with Crippen LogP contribution in [0.3, 0.4) is 0 Å². The van der Waals surface area contributed by atoms with Crippen LogP contribution in [-0.2, 0) is 26.0 Å². The van der Waals surface area contributed by atoms with Crippen molar-refractivity contribution in [2.75, 3.05) is 37.3 Å². The second-order valence-corrected chi connectivity index (χ2v) is 8.89. The van der Waals surface area contributed by atoms with Gasteiger partial charge in [0.2, 0.25) is 21.8 Å². The average Bonchev–Trinajstić information content (AvgIpc) is 2.78. The van der Waals surface area contributed by atoms with Crippen LogP contribution in [0.4, 0.5) is 5.69 Å². The van der Waals surface area contributed by atoms with E-state index in [-0.39, 0.29) is 11.8 Å². The number of hydrogen-bond donors (Lipinski definition) is 0. The van der Waals surface area contributed by atoms with Crippen molar-refractivity contribution in [3.63, 3.8) is 0 Å². The first-order chi connectivity index (χ1) is 12.3. The summed E-state index contributed by atoms with van der Waals surface area (Å²) < 4.78 is 24.6. The van der Waals surface area contributed by atoms with E-state index in [0.29, 0.717) is 32.6 Å². The first kappa shape index (κ1) is 18.8. The van der Waals surface area contributed by atoms with E-state index in [9.17, 15) is 18.0 Å². The Kier molecular flexibility index (Phi) is 5.34. The van der Waals surface area contributed by atoms with Gasteiger partial charge in [-0.15, -0.1) is 0 Å². The molecule has 8 heteroatoms. The number of anilines is 1. The van der Waals surface area contributed by atoms with Crippen molar-refractivity contribution in [1.29, 1.82) is 0 Å². The fourth-order valence-electron chi connectivity index (χ4n) is 3.68. The Morgan fingerprint density at radius 1 is 1.08 bits per heavy atom. The molecule has 0 saturated carbocycles. The number of carbonyl (C=O) groups excluding carboxylic acids is 2. The summed E-state index contributed by atoms with van der Waals surface area (Å²) in [5.41, 5.74) is 1.89. The molecule has 26 heavy (non-hydrogen) atoms. The van der Waals surface area contributed by atoms with Gasteiger partial charge in [-0.3, -0.25) is 14.5 Å². The van der Waals surface area contributed by atoms with E-state index in [1.54, 1.807) is 16.7 Å². The Hall–Kier alpha value is -1.93. The summed E-state index contributed by atoms with van der Waals surface area (Å²) in [7, 11) is -3.24. The van der Waals surface area contributed by atoms with Crippen LogP contribution in [0.15, 0.2) is 24.3 Å². The average molecular weight is 379 g/mol. The summed E-state index contributed by atoms with van der Waals surface area (Å²) in [5.74, 6) is -0.172. The summed E-state index contributed by atoms with van der Waals surface area (Å²) in [6.07, 6.45) is 3.21. The molecule has 1 aromatic rings. The number of rotatable bonds is 3. The lowest BCUT2D eigenvalue weighted by molar-refractivity contribution is -0.135. The topological polar surface area (TPSA) is 78.0 Å². The minimum Gasteiger partial charge on any atom is -0.338 e. The van der Waals surface area contributed by atoms with E-state index < -0.39 is 16.1 Å². The lowest BCUT2D eigenvalue weighted by Crippen LogP contribution is -2.56. The van der Waals surface area contributed by atoms with E-state index in [1.807, 2.05) is 24.3 Å². The van der Waals surface area contributed by atoms with Gasteiger partial charge in [-0.05, 0) is 31.4 Å². The molecule has 0 radical (unpaired) electrons. The Morgan fingerprint density at radius 3 is 2.38 bits per heavy atom. The van der Waals surface area contributed by atoms with Gasteiger partial charge < -0.3 is 4.90 Å². The van der Waals surface area contributed by atoms with Crippen LogP contribution < -0.4 is 4.90 Å². The number of amides is 2. The molecule has 0 aromatic heterocycles. The van der Waals surface area contributed by atoms with Gasteiger partial charge in [0.25, 0.3) is 0 Å². The maximum absolute atomic E-state index is 13.0. The van der Waals surface area contributed by atoms with E-state index >= 15 is 0 Å². The van der Waals surface area contributed by atoms with Crippen molar-refractivity contribution in [3.05, 3.63) is 29.8 Å². The van der Waals surface area contributed by atoms with Crippen LogP contribution in [0.2, 0.25) is 0 Å². The Labute approximate surface area is 154 Å². The first-order valence-electron chi connectivity index (χ1n) is 8.93. The predicted molar refractivity (Wildman–Crippen MR) is 99.3 cm³/mol. The standard InChI is InChI=1S/C18H25N3O4S/c1-14(18(23)19-10-12-20(13-11-19)26(2,24)25)21-16-8-4-3-6-15(16)7-5-9-17(21)22/h3-4,6,8,14H,5,7,9-13H2,1-2H3/t14-/m1/s1. The highest BCUT2D eigenvalue weighted by molar-refractivity contribution is 7.88. The second kappa shape index (κ2) is 7.36. The Bertz CT molecular complexity index is 800. The van der Waals surface area contributed by atoms with Gasteiger partial charge in [-0.25, -0.2) is 8.42 Å². The number of hydrogen-bond acceptors (Lipinski definition) is 4. The molecule has 142 valence electrons. The van der Waals surface area contributed by atoms with Crippen molar-refractivity contribution >= 4 is 27.5 Å². The van der Waals surface area contributed by atoms with Crippen molar-refractivity contribution < 1.29 is 18.0 Å². The lowest BCUT2D eigenvalue weighted by atomic mass is 10.1. The van der Waals surface area contributed by atoms with E-state index in [4.69, 9.17) is 0 Å². The summed E-state index contributed by atoms with van der Waals surface area (Å²) in [6.45, 7) is 3.04. The fourth-order valence-corrected chi connectivity index (χ4v) is 4.51. The third kappa shape index (κ3) is 3.76. The van der Waals surface area contributed by atoms with Crippen LogP contribution in [0, 0.1) is 0 Å². The van der Waals surface area contributed by atoms with Gasteiger partial charge >= 0.3 is 0 Å². The van der Waals surface area contributed by atoms with Gasteiger partial charge in [-0.2, -0.15) is 4.31 Å². The first-order valence-corrected chi connectivity index (χ1v) is 10.8. The Balaban J connectivity index is 1.77. The minimum atomic E-state index is -3.24. The largest absolute Gasteiger partial charge is 0.338 e. The third-order valence-corrected chi connectivity index (χ3v) is 6.42. The molecular formula is C18H25N3O4S. The smallest absolute Gasteiger partial charge is 0.245 e. The summed E-state index contributed by atoms with van der Waals surface area (Å²) >= 11 is 0. The number of nitrogens with zero attached hydrogens (tertiary/aromatic N) is 3. The normalized spacial score (nSPS) is 20.5. The number of benzene rings is 1. The highest BCUT2D eigenvalue weighted by atomic mass is 32.2. The number of para-hydroxylation sites is 1. The van der Waals surface area contributed by atoms with Gasteiger partial charge in [0.15, 0.2) is 0 Å². The van der Waals surface area contributed by atoms with Gasteiger partial charge in [-0.1, -0.05) is 18.2 Å². The third-order valence-electron chi connectivity index (χ3n) is 5.12. The fraction of sp³-hybridized carbons (Fsp3) is 0.556.